The van der Waals surface area contributed by atoms with Crippen LogP contribution in [0, 0.1) is 0 Å². The smallest absolute Gasteiger partial charge is 0.305 e. The molecule has 0 saturated heterocycles. The summed E-state index contributed by atoms with van der Waals surface area (Å²) in [5, 5.41) is 23.3. The molecule has 2 atom stereocenters. The fourth-order valence-corrected chi connectivity index (χ4v) is 12.1. The zero-order valence-electron chi connectivity index (χ0n) is 58.1. The first-order chi connectivity index (χ1) is 42.5. The molecule has 3 N–H and O–H groups in total. The van der Waals surface area contributed by atoms with Crippen LogP contribution in [0.3, 0.4) is 0 Å². The lowest BCUT2D eigenvalue weighted by Gasteiger charge is -2.20. The summed E-state index contributed by atoms with van der Waals surface area (Å²) < 4.78 is 5.48. The van der Waals surface area contributed by atoms with Gasteiger partial charge in [-0.3, -0.25) is 9.59 Å². The van der Waals surface area contributed by atoms with Crippen LogP contribution in [0.1, 0.15) is 425 Å². The molecule has 0 aromatic rings. The van der Waals surface area contributed by atoms with E-state index in [1.807, 2.05) is 6.08 Å². The van der Waals surface area contributed by atoms with E-state index in [1.165, 1.54) is 347 Å². The summed E-state index contributed by atoms with van der Waals surface area (Å²) in [5.74, 6) is -0.0541. The highest BCUT2D eigenvalue weighted by molar-refractivity contribution is 5.76. The maximum Gasteiger partial charge on any atom is 0.305 e. The molecular formula is C80H151NO5. The number of unbranched alkanes of at least 4 members (excludes halogenated alkanes) is 56. The predicted octanol–water partition coefficient (Wildman–Crippen LogP) is 25.6. The standard InChI is InChI=1S/C80H151NO5/c1-3-5-7-9-11-13-15-17-18-19-20-36-39-42-45-49-52-56-60-64-68-72-78(83)77(76-82)81-79(84)73-69-65-61-57-53-50-46-43-40-37-34-32-30-28-26-24-22-21-23-25-27-29-31-33-35-38-41-44-47-51-55-59-63-67-71-75-86-80(85)74-70-66-62-58-54-48-16-14-12-10-8-6-4-2/h14,16,23,25,29,31,68,72,77-78,82-83H,3-13,15,17-22,24,26-28,30,32-67,69-71,73-76H2,1-2H3,(H,81,84)/b16-14-,25-23-,31-29-,72-68+. The average Bonchev–Trinajstić information content (AvgIpc) is 3.55. The van der Waals surface area contributed by atoms with Crippen molar-refractivity contribution in [2.45, 2.75) is 437 Å². The van der Waals surface area contributed by atoms with Gasteiger partial charge in [-0.05, 0) is 89.9 Å². The van der Waals surface area contributed by atoms with E-state index < -0.39 is 12.1 Å². The molecule has 0 rings (SSSR count). The summed E-state index contributed by atoms with van der Waals surface area (Å²) >= 11 is 0. The Kier molecular flexibility index (Phi) is 73.4. The third kappa shape index (κ3) is 70.9. The molecule has 0 radical (unpaired) electrons. The van der Waals surface area contributed by atoms with E-state index >= 15 is 0 Å². The van der Waals surface area contributed by atoms with Crippen LogP contribution in [0.5, 0.6) is 0 Å². The van der Waals surface area contributed by atoms with E-state index in [1.54, 1.807) is 6.08 Å². The number of amides is 1. The van der Waals surface area contributed by atoms with E-state index in [2.05, 4.69) is 55.6 Å². The Morgan fingerprint density at radius 2 is 0.581 bits per heavy atom. The van der Waals surface area contributed by atoms with Crippen LogP contribution < -0.4 is 5.32 Å². The monoisotopic (exact) mass is 1210 g/mol. The summed E-state index contributed by atoms with van der Waals surface area (Å²) in [4.78, 5) is 24.6. The molecule has 0 bridgehead atoms. The Bertz CT molecular complexity index is 1440. The van der Waals surface area contributed by atoms with Crippen molar-refractivity contribution in [2.24, 2.45) is 0 Å². The molecule has 0 aliphatic rings. The number of aliphatic hydroxyl groups excluding tert-OH is 2. The van der Waals surface area contributed by atoms with E-state index in [4.69, 9.17) is 4.74 Å². The minimum Gasteiger partial charge on any atom is -0.466 e. The lowest BCUT2D eigenvalue weighted by Crippen LogP contribution is -2.45. The number of nitrogens with one attached hydrogen (secondary N) is 1. The lowest BCUT2D eigenvalue weighted by molar-refractivity contribution is -0.143. The maximum atomic E-state index is 12.5. The number of hydrogen-bond acceptors (Lipinski definition) is 5. The van der Waals surface area contributed by atoms with Gasteiger partial charge in [0.1, 0.15) is 0 Å². The summed E-state index contributed by atoms with van der Waals surface area (Å²) in [6.07, 6.45) is 99.4. The molecule has 506 valence electrons. The highest BCUT2D eigenvalue weighted by atomic mass is 16.5. The minimum absolute atomic E-state index is 0.00757. The van der Waals surface area contributed by atoms with E-state index in [9.17, 15) is 19.8 Å². The van der Waals surface area contributed by atoms with Crippen LogP contribution in [-0.4, -0.2) is 47.4 Å². The normalized spacial score (nSPS) is 12.7. The number of carbonyl (C=O) groups excluding carboxylic acids is 2. The Hall–Kier alpha value is -2.18. The second kappa shape index (κ2) is 75.3. The Morgan fingerprint density at radius 3 is 0.907 bits per heavy atom. The van der Waals surface area contributed by atoms with E-state index in [-0.39, 0.29) is 18.5 Å². The molecule has 86 heavy (non-hydrogen) atoms. The van der Waals surface area contributed by atoms with Crippen molar-refractivity contribution >= 4 is 11.9 Å². The molecular weight excluding hydrogens is 1050 g/mol. The molecule has 2 unspecified atom stereocenters. The van der Waals surface area contributed by atoms with Crippen LogP contribution in [-0.2, 0) is 14.3 Å². The number of allylic oxidation sites excluding steroid dienone is 7. The second-order valence-corrected chi connectivity index (χ2v) is 26.7. The molecule has 1 amide bonds. The van der Waals surface area contributed by atoms with Gasteiger partial charge in [-0.15, -0.1) is 0 Å². The van der Waals surface area contributed by atoms with Crippen molar-refractivity contribution in [3.05, 3.63) is 48.6 Å². The van der Waals surface area contributed by atoms with Gasteiger partial charge in [-0.25, -0.2) is 0 Å². The van der Waals surface area contributed by atoms with Gasteiger partial charge in [0.2, 0.25) is 5.91 Å². The topological polar surface area (TPSA) is 95.9 Å². The summed E-state index contributed by atoms with van der Waals surface area (Å²) in [6, 6.07) is -0.628. The van der Waals surface area contributed by atoms with E-state index in [0.717, 1.165) is 51.4 Å². The second-order valence-electron chi connectivity index (χ2n) is 26.7. The zero-order valence-corrected chi connectivity index (χ0v) is 58.1. The number of carbonyl (C=O) groups is 2. The third-order valence-corrected chi connectivity index (χ3v) is 18.1. The van der Waals surface area contributed by atoms with Crippen LogP contribution in [0.2, 0.25) is 0 Å². The molecule has 6 heteroatoms. The Balaban J connectivity index is 3.40. The van der Waals surface area contributed by atoms with Gasteiger partial charge in [0.25, 0.3) is 0 Å². The molecule has 0 aliphatic heterocycles. The highest BCUT2D eigenvalue weighted by Gasteiger charge is 2.18. The van der Waals surface area contributed by atoms with Crippen LogP contribution in [0.25, 0.3) is 0 Å². The number of aliphatic hydroxyl groups is 2. The van der Waals surface area contributed by atoms with E-state index in [0.29, 0.717) is 19.4 Å². The van der Waals surface area contributed by atoms with Crippen molar-refractivity contribution in [1.29, 1.82) is 0 Å². The van der Waals surface area contributed by atoms with Gasteiger partial charge in [-0.1, -0.05) is 371 Å². The van der Waals surface area contributed by atoms with Gasteiger partial charge in [0.05, 0.1) is 25.4 Å². The SMILES string of the molecule is CCCCCC/C=C\CCCCCCCC(=O)OCCCCCCCCCCCCC/C=C\C/C=C\CCCCCCCCCCCCCCCCCCCC(=O)NC(CO)C(O)/C=C/CCCCCCCCCCCCCCCCCCCCC. The van der Waals surface area contributed by atoms with Gasteiger partial charge in [0.15, 0.2) is 0 Å². The molecule has 0 aromatic heterocycles. The van der Waals surface area contributed by atoms with Crippen LogP contribution in [0.4, 0.5) is 0 Å². The highest BCUT2D eigenvalue weighted by Crippen LogP contribution is 2.19. The van der Waals surface area contributed by atoms with Crippen molar-refractivity contribution in [2.75, 3.05) is 13.2 Å². The number of ether oxygens (including phenoxy) is 1. The number of esters is 1. The van der Waals surface area contributed by atoms with Gasteiger partial charge >= 0.3 is 5.97 Å². The van der Waals surface area contributed by atoms with Crippen LogP contribution in [0.15, 0.2) is 48.6 Å². The lowest BCUT2D eigenvalue weighted by atomic mass is 10.0. The third-order valence-electron chi connectivity index (χ3n) is 18.1. The predicted molar refractivity (Wildman–Crippen MR) is 379 cm³/mol. The molecule has 0 heterocycles. The molecule has 0 aliphatic carbocycles. The summed E-state index contributed by atoms with van der Waals surface area (Å²) in [5.41, 5.74) is 0. The number of rotatable bonds is 73. The first-order valence-electron chi connectivity index (χ1n) is 38.9. The Morgan fingerprint density at radius 1 is 0.326 bits per heavy atom. The summed E-state index contributed by atoms with van der Waals surface area (Å²) in [7, 11) is 0. The van der Waals surface area contributed by atoms with Crippen molar-refractivity contribution < 1.29 is 24.5 Å². The average molecular weight is 1210 g/mol. The fourth-order valence-electron chi connectivity index (χ4n) is 12.1. The molecule has 0 spiro atoms. The molecule has 0 aromatic carbocycles. The first-order valence-corrected chi connectivity index (χ1v) is 38.9. The number of hydrogen-bond donors (Lipinski definition) is 3. The minimum atomic E-state index is -0.844. The maximum absolute atomic E-state index is 12.5. The molecule has 6 nitrogen and oxygen atoms in total. The zero-order chi connectivity index (χ0) is 62.0. The van der Waals surface area contributed by atoms with Crippen LogP contribution >= 0.6 is 0 Å². The Labute approximate surface area is 537 Å². The van der Waals surface area contributed by atoms with Crippen molar-refractivity contribution in [3.8, 4) is 0 Å². The largest absolute Gasteiger partial charge is 0.466 e. The van der Waals surface area contributed by atoms with Gasteiger partial charge in [-0.2, -0.15) is 0 Å². The first kappa shape index (κ1) is 83.8. The van der Waals surface area contributed by atoms with Gasteiger partial charge in [0, 0.05) is 12.8 Å². The molecule has 0 fully saturated rings. The molecule has 0 saturated carbocycles. The van der Waals surface area contributed by atoms with Crippen molar-refractivity contribution in [3.63, 3.8) is 0 Å². The summed E-state index contributed by atoms with van der Waals surface area (Å²) in [6.45, 7) is 4.92. The van der Waals surface area contributed by atoms with Crippen molar-refractivity contribution in [1.82, 2.24) is 5.32 Å². The fraction of sp³-hybridized carbons (Fsp3) is 0.875. The quantitative estimate of drug-likeness (QED) is 0.0320. The van der Waals surface area contributed by atoms with Gasteiger partial charge < -0.3 is 20.3 Å².